The Hall–Kier alpha value is -0.860. The van der Waals surface area contributed by atoms with Crippen LogP contribution < -0.4 is 11.2 Å². The number of hydroxylamine groups is 1. The Morgan fingerprint density at radius 2 is 1.92 bits per heavy atom. The minimum atomic E-state index is -0.574. The first-order valence-corrected chi connectivity index (χ1v) is 4.91. The maximum Gasteiger partial charge on any atom is 0.341 e. The van der Waals surface area contributed by atoms with Crippen LogP contribution in [0.3, 0.4) is 0 Å². The van der Waals surface area contributed by atoms with E-state index in [0.717, 1.165) is 0 Å². The van der Waals surface area contributed by atoms with Gasteiger partial charge in [0, 0.05) is 12.8 Å². The maximum atomic E-state index is 10.8. The Morgan fingerprint density at radius 3 is 2.38 bits per heavy atom. The fourth-order valence-electron chi connectivity index (χ4n) is 0.429. The molecule has 0 aliphatic heterocycles. The van der Waals surface area contributed by atoms with Crippen LogP contribution in [0.15, 0.2) is 0 Å². The molecule has 0 aromatic rings. The number of hydrogen-bond acceptors (Lipinski definition) is 4. The molecule has 0 fully saturated rings. The number of carbonyl (C=O) groups is 3. The largest absolute Gasteiger partial charge is 0.370 e. The van der Waals surface area contributed by atoms with Crippen molar-refractivity contribution in [3.05, 3.63) is 0 Å². The number of nitrogens with one attached hydrogen (secondary N) is 1. The lowest BCUT2D eigenvalue weighted by atomic mass is 10.3. The van der Waals surface area contributed by atoms with Gasteiger partial charge in [0.2, 0.25) is 5.91 Å². The molecule has 0 spiro atoms. The molecule has 6 nitrogen and oxygen atoms in total. The van der Waals surface area contributed by atoms with Crippen molar-refractivity contribution in [2.45, 2.75) is 12.8 Å². The van der Waals surface area contributed by atoms with E-state index in [-0.39, 0.29) is 17.3 Å². The molecule has 0 saturated carbocycles. The summed E-state index contributed by atoms with van der Waals surface area (Å²) < 4.78 is 0.147. The van der Waals surface area contributed by atoms with Gasteiger partial charge in [0.15, 0.2) is 0 Å². The molecule has 0 heterocycles. The van der Waals surface area contributed by atoms with Crippen molar-refractivity contribution in [2.24, 2.45) is 5.73 Å². The highest BCUT2D eigenvalue weighted by atomic mass is 127. The van der Waals surface area contributed by atoms with Gasteiger partial charge >= 0.3 is 5.97 Å². The molecule has 2 amide bonds. The van der Waals surface area contributed by atoms with E-state index >= 15 is 0 Å². The van der Waals surface area contributed by atoms with Crippen molar-refractivity contribution < 1.29 is 19.2 Å². The quantitative estimate of drug-likeness (QED) is 0.406. The molecule has 74 valence electrons. The van der Waals surface area contributed by atoms with Crippen molar-refractivity contribution in [1.82, 2.24) is 5.48 Å². The summed E-state index contributed by atoms with van der Waals surface area (Å²) in [6.07, 6.45) is -0.141. The van der Waals surface area contributed by atoms with Crippen molar-refractivity contribution in [3.63, 3.8) is 0 Å². The van der Waals surface area contributed by atoms with Crippen LogP contribution in [0.5, 0.6) is 0 Å². The van der Waals surface area contributed by atoms with Crippen molar-refractivity contribution in [3.8, 4) is 0 Å². The summed E-state index contributed by atoms with van der Waals surface area (Å²) in [7, 11) is 0. The normalized spacial score (nSPS) is 9.00. The summed E-state index contributed by atoms with van der Waals surface area (Å²) in [6.45, 7) is 0. The molecule has 0 atom stereocenters. The van der Waals surface area contributed by atoms with E-state index < -0.39 is 17.8 Å². The van der Waals surface area contributed by atoms with Gasteiger partial charge in [0.1, 0.15) is 4.43 Å². The lowest BCUT2D eigenvalue weighted by Crippen LogP contribution is -2.28. The minimum Gasteiger partial charge on any atom is -0.370 e. The van der Waals surface area contributed by atoms with Crippen LogP contribution in [0.1, 0.15) is 12.8 Å². The SMILES string of the molecule is NC(=O)CCC(=O)NOC(=O)CI. The highest BCUT2D eigenvalue weighted by molar-refractivity contribution is 14.1. The summed E-state index contributed by atoms with van der Waals surface area (Å²) >= 11 is 1.79. The number of nitrogens with two attached hydrogens (primary N) is 1. The standard InChI is InChI=1S/C6H9IN2O4/c7-3-6(12)13-9-5(11)2-1-4(8)10/h1-3H2,(H2,8,10)(H,9,11). The molecule has 0 bridgehead atoms. The number of hydrogen-bond donors (Lipinski definition) is 2. The molecule has 3 N–H and O–H groups in total. The summed E-state index contributed by atoms with van der Waals surface area (Å²) in [5.74, 6) is -1.67. The third-order valence-corrected chi connectivity index (χ3v) is 1.61. The lowest BCUT2D eigenvalue weighted by molar-refractivity contribution is -0.155. The molecule has 0 unspecified atom stereocenters. The van der Waals surface area contributed by atoms with E-state index in [1.165, 1.54) is 0 Å². The summed E-state index contributed by atoms with van der Waals surface area (Å²) in [6, 6.07) is 0. The third kappa shape index (κ3) is 7.50. The lowest BCUT2D eigenvalue weighted by Gasteiger charge is -2.02. The number of primary amides is 1. The summed E-state index contributed by atoms with van der Waals surface area (Å²) in [4.78, 5) is 35.8. The molecule has 0 aliphatic carbocycles. The van der Waals surface area contributed by atoms with Crippen LogP contribution in [-0.2, 0) is 19.2 Å². The second kappa shape index (κ2) is 6.63. The van der Waals surface area contributed by atoms with Crippen molar-refractivity contribution >= 4 is 40.4 Å². The fraction of sp³-hybridized carbons (Fsp3) is 0.500. The van der Waals surface area contributed by atoms with Gasteiger partial charge in [-0.05, 0) is 0 Å². The second-order valence-electron chi connectivity index (χ2n) is 2.10. The van der Waals surface area contributed by atoms with Gasteiger partial charge in [0.05, 0.1) is 0 Å². The summed E-state index contributed by atoms with van der Waals surface area (Å²) in [5.41, 5.74) is 6.68. The predicted octanol–water partition coefficient (Wildman–Crippen LogP) is -0.739. The topological polar surface area (TPSA) is 98.5 Å². The average Bonchev–Trinajstić information content (AvgIpc) is 2.10. The van der Waals surface area contributed by atoms with Gasteiger partial charge in [-0.2, -0.15) is 5.48 Å². The van der Waals surface area contributed by atoms with Gasteiger partial charge in [-0.1, -0.05) is 22.6 Å². The van der Waals surface area contributed by atoms with Crippen molar-refractivity contribution in [2.75, 3.05) is 4.43 Å². The van der Waals surface area contributed by atoms with Gasteiger partial charge in [0.25, 0.3) is 5.91 Å². The maximum absolute atomic E-state index is 10.8. The third-order valence-electron chi connectivity index (χ3n) is 0.986. The van der Waals surface area contributed by atoms with Crippen LogP contribution in [0, 0.1) is 0 Å². The first-order chi connectivity index (χ1) is 6.06. The molecule has 0 aromatic heterocycles. The van der Waals surface area contributed by atoms with E-state index in [9.17, 15) is 14.4 Å². The van der Waals surface area contributed by atoms with Gasteiger partial charge in [-0.15, -0.1) is 0 Å². The Morgan fingerprint density at radius 1 is 1.31 bits per heavy atom. The zero-order valence-corrected chi connectivity index (χ0v) is 8.87. The van der Waals surface area contributed by atoms with Crippen LogP contribution in [-0.4, -0.2) is 22.2 Å². The van der Waals surface area contributed by atoms with Gasteiger partial charge in [-0.3, -0.25) is 9.59 Å². The van der Waals surface area contributed by atoms with E-state index in [4.69, 9.17) is 5.73 Å². The van der Waals surface area contributed by atoms with Crippen LogP contribution >= 0.6 is 22.6 Å². The number of alkyl halides is 1. The van der Waals surface area contributed by atoms with E-state index in [1.54, 1.807) is 22.6 Å². The van der Waals surface area contributed by atoms with Gasteiger partial charge in [-0.25, -0.2) is 4.79 Å². The first kappa shape index (κ1) is 12.1. The summed E-state index contributed by atoms with van der Waals surface area (Å²) in [5, 5.41) is 0. The molecule has 0 radical (unpaired) electrons. The van der Waals surface area contributed by atoms with Crippen LogP contribution in [0.4, 0.5) is 0 Å². The highest BCUT2D eigenvalue weighted by Crippen LogP contribution is 1.88. The molecule has 0 aromatic carbocycles. The van der Waals surface area contributed by atoms with Gasteiger partial charge < -0.3 is 10.6 Å². The number of carbonyl (C=O) groups excluding carboxylic acids is 3. The zero-order valence-electron chi connectivity index (χ0n) is 6.71. The zero-order chi connectivity index (χ0) is 10.3. The highest BCUT2D eigenvalue weighted by Gasteiger charge is 2.06. The average molecular weight is 300 g/mol. The molecule has 7 heteroatoms. The van der Waals surface area contributed by atoms with Crippen molar-refractivity contribution in [1.29, 1.82) is 0 Å². The molecule has 0 aliphatic rings. The van der Waals surface area contributed by atoms with E-state index in [2.05, 4.69) is 4.84 Å². The molecule has 0 saturated heterocycles. The minimum absolute atomic E-state index is 0.0619. The number of rotatable bonds is 4. The molecular weight excluding hydrogens is 291 g/mol. The number of halogens is 1. The predicted molar refractivity (Wildman–Crippen MR) is 51.6 cm³/mol. The molecule has 13 heavy (non-hydrogen) atoms. The second-order valence-corrected chi connectivity index (χ2v) is 2.86. The molecule has 0 rings (SSSR count). The molecular formula is C6H9IN2O4. The first-order valence-electron chi connectivity index (χ1n) is 3.39. The van der Waals surface area contributed by atoms with E-state index in [1.807, 2.05) is 5.48 Å². The Labute approximate surface area is 88.3 Å². The fourth-order valence-corrected chi connectivity index (χ4v) is 0.585. The van der Waals surface area contributed by atoms with Crippen LogP contribution in [0.25, 0.3) is 0 Å². The smallest absolute Gasteiger partial charge is 0.341 e. The number of amides is 2. The Balaban J connectivity index is 3.52. The monoisotopic (exact) mass is 300 g/mol. The van der Waals surface area contributed by atoms with E-state index in [0.29, 0.717) is 0 Å². The van der Waals surface area contributed by atoms with Crippen LogP contribution in [0.2, 0.25) is 0 Å². The Kier molecular flexibility index (Phi) is 6.20. The Bertz CT molecular complexity index is 219.